The van der Waals surface area contributed by atoms with Crippen LogP contribution in [0.25, 0.3) is 0 Å². The van der Waals surface area contributed by atoms with E-state index in [2.05, 4.69) is 15.6 Å². The van der Waals surface area contributed by atoms with Crippen molar-refractivity contribution in [2.75, 3.05) is 10.6 Å². The zero-order valence-electron chi connectivity index (χ0n) is 15.4. The number of nitrogens with one attached hydrogen (secondary N) is 2. The van der Waals surface area contributed by atoms with E-state index in [-0.39, 0.29) is 11.8 Å². The molecule has 28 heavy (non-hydrogen) atoms. The van der Waals surface area contributed by atoms with Crippen LogP contribution in [0.2, 0.25) is 0 Å². The van der Waals surface area contributed by atoms with Crippen LogP contribution >= 0.6 is 11.3 Å². The zero-order valence-corrected chi connectivity index (χ0v) is 16.2. The first-order valence-corrected chi connectivity index (χ1v) is 10.3. The van der Waals surface area contributed by atoms with Gasteiger partial charge in [-0.25, -0.2) is 0 Å². The van der Waals surface area contributed by atoms with Crippen LogP contribution in [-0.4, -0.2) is 16.8 Å². The Hall–Kier alpha value is -2.99. The van der Waals surface area contributed by atoms with Gasteiger partial charge < -0.3 is 10.6 Å². The molecule has 0 fully saturated rings. The van der Waals surface area contributed by atoms with E-state index in [9.17, 15) is 9.59 Å². The highest BCUT2D eigenvalue weighted by Gasteiger charge is 2.26. The molecule has 1 aromatic carbocycles. The summed E-state index contributed by atoms with van der Waals surface area (Å²) >= 11 is 1.53. The van der Waals surface area contributed by atoms with Gasteiger partial charge in [-0.05, 0) is 55.5 Å². The molecule has 1 aliphatic carbocycles. The van der Waals surface area contributed by atoms with E-state index in [1.165, 1.54) is 22.6 Å². The van der Waals surface area contributed by atoms with Crippen LogP contribution in [0, 0.1) is 0 Å². The normalized spacial score (nSPS) is 13.3. The number of anilines is 2. The molecule has 4 rings (SSSR count). The Morgan fingerprint density at radius 3 is 2.39 bits per heavy atom. The van der Waals surface area contributed by atoms with Crippen LogP contribution in [0.5, 0.6) is 0 Å². The standard InChI is InChI=1S/C22H21N3O2S/c26-20(15-11-13-23-14-12-15)25-22-19(17-9-5-2-6-10-18(17)28-22)21(27)24-16-7-3-1-4-8-16/h1,3-4,7-8,11-14H,2,5-6,9-10H2,(H,24,27)(H,25,26). The van der Waals surface area contributed by atoms with Gasteiger partial charge in [0.2, 0.25) is 0 Å². The van der Waals surface area contributed by atoms with Gasteiger partial charge in [0.15, 0.2) is 0 Å². The van der Waals surface area contributed by atoms with Gasteiger partial charge >= 0.3 is 0 Å². The number of carbonyl (C=O) groups excluding carboxylic acids is 2. The maximum absolute atomic E-state index is 13.1. The molecule has 0 spiro atoms. The molecule has 0 atom stereocenters. The third-order valence-corrected chi connectivity index (χ3v) is 6.06. The van der Waals surface area contributed by atoms with Crippen LogP contribution in [0.1, 0.15) is 50.4 Å². The Balaban J connectivity index is 1.67. The van der Waals surface area contributed by atoms with Gasteiger partial charge in [-0.3, -0.25) is 14.6 Å². The lowest BCUT2D eigenvalue weighted by Gasteiger charge is -2.10. The zero-order chi connectivity index (χ0) is 19.3. The van der Waals surface area contributed by atoms with Crippen LogP contribution in [0.4, 0.5) is 10.7 Å². The molecule has 6 heteroatoms. The van der Waals surface area contributed by atoms with Gasteiger partial charge in [0, 0.05) is 28.5 Å². The number of thiophene rings is 1. The Kier molecular flexibility index (Phi) is 5.48. The minimum Gasteiger partial charge on any atom is -0.322 e. The number of benzene rings is 1. The van der Waals surface area contributed by atoms with E-state index in [0.717, 1.165) is 36.9 Å². The molecular weight excluding hydrogens is 370 g/mol. The number of aryl methyl sites for hydroxylation is 1. The monoisotopic (exact) mass is 391 g/mol. The van der Waals surface area contributed by atoms with Crippen LogP contribution in [-0.2, 0) is 12.8 Å². The van der Waals surface area contributed by atoms with Gasteiger partial charge in [0.1, 0.15) is 5.00 Å². The number of para-hydroxylation sites is 1. The second kappa shape index (κ2) is 8.35. The predicted octanol–water partition coefficient (Wildman–Crippen LogP) is 4.92. The topological polar surface area (TPSA) is 71.1 Å². The summed E-state index contributed by atoms with van der Waals surface area (Å²) in [6.07, 6.45) is 8.34. The molecule has 2 aromatic heterocycles. The molecule has 5 nitrogen and oxygen atoms in total. The third kappa shape index (κ3) is 3.97. The molecule has 2 N–H and O–H groups in total. The molecule has 0 radical (unpaired) electrons. The summed E-state index contributed by atoms with van der Waals surface area (Å²) in [7, 11) is 0. The Morgan fingerprint density at radius 1 is 0.857 bits per heavy atom. The number of fused-ring (bicyclic) bond motifs is 1. The fourth-order valence-electron chi connectivity index (χ4n) is 3.46. The SMILES string of the molecule is O=C(Nc1sc2c(c1C(=O)Nc1ccccc1)CCCCC2)c1ccncc1. The number of carbonyl (C=O) groups is 2. The second-order valence-corrected chi connectivity index (χ2v) is 7.88. The van der Waals surface area contributed by atoms with E-state index in [4.69, 9.17) is 0 Å². The molecule has 0 saturated carbocycles. The van der Waals surface area contributed by atoms with E-state index < -0.39 is 0 Å². The number of nitrogens with zero attached hydrogens (tertiary/aromatic N) is 1. The summed E-state index contributed by atoms with van der Waals surface area (Å²) in [5, 5.41) is 6.56. The molecule has 0 unspecified atom stereocenters. The van der Waals surface area contributed by atoms with Crippen molar-refractivity contribution in [3.05, 3.63) is 76.4 Å². The number of aromatic nitrogens is 1. The first-order valence-electron chi connectivity index (χ1n) is 9.44. The van der Waals surface area contributed by atoms with Crippen molar-refractivity contribution in [1.82, 2.24) is 4.98 Å². The van der Waals surface area contributed by atoms with Crippen molar-refractivity contribution in [3.63, 3.8) is 0 Å². The van der Waals surface area contributed by atoms with Crippen LogP contribution < -0.4 is 10.6 Å². The summed E-state index contributed by atoms with van der Waals surface area (Å²) in [5.74, 6) is -0.400. The van der Waals surface area contributed by atoms with Crippen molar-refractivity contribution < 1.29 is 9.59 Å². The largest absolute Gasteiger partial charge is 0.322 e. The molecule has 2 heterocycles. The van der Waals surface area contributed by atoms with E-state index >= 15 is 0 Å². The highest BCUT2D eigenvalue weighted by Crippen LogP contribution is 2.38. The van der Waals surface area contributed by atoms with Crippen LogP contribution in [0.15, 0.2) is 54.9 Å². The number of rotatable bonds is 4. The Labute approximate surface area is 167 Å². The van der Waals surface area contributed by atoms with E-state index in [1.807, 2.05) is 30.3 Å². The molecule has 2 amide bonds. The smallest absolute Gasteiger partial charge is 0.258 e. The second-order valence-electron chi connectivity index (χ2n) is 6.78. The molecule has 0 saturated heterocycles. The lowest BCUT2D eigenvalue weighted by Crippen LogP contribution is -2.18. The summed E-state index contributed by atoms with van der Waals surface area (Å²) in [4.78, 5) is 31.0. The van der Waals surface area contributed by atoms with Gasteiger partial charge in [-0.1, -0.05) is 24.6 Å². The predicted molar refractivity (Wildman–Crippen MR) is 112 cm³/mol. The molecule has 3 aromatic rings. The summed E-state index contributed by atoms with van der Waals surface area (Å²) in [5.41, 5.74) is 2.95. The molecule has 0 aliphatic heterocycles. The fraction of sp³-hybridized carbons (Fsp3) is 0.227. The lowest BCUT2D eigenvalue weighted by atomic mass is 10.0. The summed E-state index contributed by atoms with van der Waals surface area (Å²) in [6, 6.07) is 12.7. The van der Waals surface area contributed by atoms with Crippen molar-refractivity contribution in [3.8, 4) is 0 Å². The third-order valence-electron chi connectivity index (χ3n) is 4.85. The summed E-state index contributed by atoms with van der Waals surface area (Å²) in [6.45, 7) is 0. The van der Waals surface area contributed by atoms with Gasteiger partial charge in [0.25, 0.3) is 11.8 Å². The molecular formula is C22H21N3O2S. The average Bonchev–Trinajstić information content (AvgIpc) is 2.90. The lowest BCUT2D eigenvalue weighted by molar-refractivity contribution is 0.102. The van der Waals surface area contributed by atoms with Gasteiger partial charge in [-0.15, -0.1) is 11.3 Å². The minimum absolute atomic E-state index is 0.171. The fourth-order valence-corrected chi connectivity index (χ4v) is 4.75. The molecule has 142 valence electrons. The first kappa shape index (κ1) is 18.4. The van der Waals surface area contributed by atoms with E-state index in [1.54, 1.807) is 24.5 Å². The maximum atomic E-state index is 13.1. The van der Waals surface area contributed by atoms with Crippen molar-refractivity contribution in [2.45, 2.75) is 32.1 Å². The van der Waals surface area contributed by atoms with Crippen LogP contribution in [0.3, 0.4) is 0 Å². The Bertz CT molecular complexity index is 984. The molecule has 1 aliphatic rings. The molecule has 0 bridgehead atoms. The van der Waals surface area contributed by atoms with E-state index in [0.29, 0.717) is 16.1 Å². The average molecular weight is 391 g/mol. The highest BCUT2D eigenvalue weighted by atomic mass is 32.1. The number of hydrogen-bond donors (Lipinski definition) is 2. The summed E-state index contributed by atoms with van der Waals surface area (Å²) < 4.78 is 0. The minimum atomic E-state index is -0.229. The highest BCUT2D eigenvalue weighted by molar-refractivity contribution is 7.17. The van der Waals surface area contributed by atoms with Crippen molar-refractivity contribution in [1.29, 1.82) is 0 Å². The van der Waals surface area contributed by atoms with Crippen molar-refractivity contribution >= 4 is 33.8 Å². The number of pyridine rings is 1. The Morgan fingerprint density at radius 2 is 1.61 bits per heavy atom. The quantitative estimate of drug-likeness (QED) is 0.620. The first-order chi connectivity index (χ1) is 13.7. The maximum Gasteiger partial charge on any atom is 0.258 e. The number of hydrogen-bond acceptors (Lipinski definition) is 4. The van der Waals surface area contributed by atoms with Gasteiger partial charge in [0.05, 0.1) is 5.56 Å². The number of amides is 2. The van der Waals surface area contributed by atoms with Gasteiger partial charge in [-0.2, -0.15) is 0 Å². The van der Waals surface area contributed by atoms with Crippen molar-refractivity contribution in [2.24, 2.45) is 0 Å².